The van der Waals surface area contributed by atoms with Crippen LogP contribution in [-0.4, -0.2) is 17.6 Å². The van der Waals surface area contributed by atoms with Crippen molar-refractivity contribution in [2.24, 2.45) is 5.73 Å². The highest BCUT2D eigenvalue weighted by Gasteiger charge is 2.27. The minimum absolute atomic E-state index is 0.0345. The van der Waals surface area contributed by atoms with Crippen molar-refractivity contribution in [1.29, 1.82) is 0 Å². The van der Waals surface area contributed by atoms with E-state index in [1.807, 2.05) is 17.0 Å². The largest absolute Gasteiger partial charge is 0.361 e. The van der Waals surface area contributed by atoms with Gasteiger partial charge in [-0.1, -0.05) is 17.3 Å². The van der Waals surface area contributed by atoms with Gasteiger partial charge in [-0.3, -0.25) is 4.79 Å². The van der Waals surface area contributed by atoms with Crippen molar-refractivity contribution in [3.63, 3.8) is 0 Å². The summed E-state index contributed by atoms with van der Waals surface area (Å²) in [6.45, 7) is 4.81. The molecule has 5 heteroatoms. The van der Waals surface area contributed by atoms with Crippen LogP contribution in [0, 0.1) is 13.8 Å². The standard InChI is InChI=1S/C16H19N3O2/c1-10-15(11(2)21-18-10)16(20)19-7-3-4-13-8-12(9-17)5-6-14(13)19/h5-6,8H,3-4,7,9,17H2,1-2H3. The van der Waals surface area contributed by atoms with E-state index >= 15 is 0 Å². The molecule has 1 aromatic heterocycles. The predicted octanol–water partition coefficient (Wildman–Crippen LogP) is 2.34. The molecule has 0 aliphatic carbocycles. The molecular weight excluding hydrogens is 266 g/mol. The van der Waals surface area contributed by atoms with Crippen molar-refractivity contribution in [2.45, 2.75) is 33.2 Å². The lowest BCUT2D eigenvalue weighted by atomic mass is 9.98. The average Bonchev–Trinajstić information content (AvgIpc) is 2.84. The molecule has 21 heavy (non-hydrogen) atoms. The molecule has 1 aliphatic rings. The Hall–Kier alpha value is -2.14. The fourth-order valence-corrected chi connectivity index (χ4v) is 2.91. The van der Waals surface area contributed by atoms with Gasteiger partial charge < -0.3 is 15.2 Å². The predicted molar refractivity (Wildman–Crippen MR) is 80.3 cm³/mol. The number of anilines is 1. The molecule has 1 amide bonds. The summed E-state index contributed by atoms with van der Waals surface area (Å²) in [7, 11) is 0. The van der Waals surface area contributed by atoms with Crippen molar-refractivity contribution in [3.8, 4) is 0 Å². The Balaban J connectivity index is 2.00. The Morgan fingerprint density at radius 3 is 2.90 bits per heavy atom. The summed E-state index contributed by atoms with van der Waals surface area (Å²) in [6.07, 6.45) is 1.94. The van der Waals surface area contributed by atoms with E-state index in [-0.39, 0.29) is 5.91 Å². The van der Waals surface area contributed by atoms with E-state index in [9.17, 15) is 4.79 Å². The second-order valence-corrected chi connectivity index (χ2v) is 5.43. The second-order valence-electron chi connectivity index (χ2n) is 5.43. The molecule has 1 aliphatic heterocycles. The van der Waals surface area contributed by atoms with Crippen LogP contribution < -0.4 is 10.6 Å². The normalized spacial score (nSPS) is 14.1. The Labute approximate surface area is 123 Å². The van der Waals surface area contributed by atoms with Crippen LogP contribution in [0.5, 0.6) is 0 Å². The zero-order valence-corrected chi connectivity index (χ0v) is 12.3. The minimum Gasteiger partial charge on any atom is -0.361 e. The number of nitrogens with two attached hydrogens (primary N) is 1. The lowest BCUT2D eigenvalue weighted by Crippen LogP contribution is -2.36. The average molecular weight is 285 g/mol. The molecule has 0 atom stereocenters. The van der Waals surface area contributed by atoms with Crippen molar-refractivity contribution < 1.29 is 9.32 Å². The first-order valence-electron chi connectivity index (χ1n) is 7.18. The van der Waals surface area contributed by atoms with Gasteiger partial charge in [0, 0.05) is 18.8 Å². The van der Waals surface area contributed by atoms with Crippen LogP contribution in [0.25, 0.3) is 0 Å². The smallest absolute Gasteiger partial charge is 0.263 e. The quantitative estimate of drug-likeness (QED) is 0.919. The Morgan fingerprint density at radius 1 is 1.43 bits per heavy atom. The number of hydrogen-bond donors (Lipinski definition) is 1. The van der Waals surface area contributed by atoms with Crippen LogP contribution in [0.1, 0.15) is 39.4 Å². The number of aryl methyl sites for hydroxylation is 3. The maximum absolute atomic E-state index is 12.8. The van der Waals surface area contributed by atoms with Crippen LogP contribution >= 0.6 is 0 Å². The number of amides is 1. The van der Waals surface area contributed by atoms with Crippen molar-refractivity contribution >= 4 is 11.6 Å². The van der Waals surface area contributed by atoms with Crippen molar-refractivity contribution in [2.75, 3.05) is 11.4 Å². The Bertz CT molecular complexity index is 671. The lowest BCUT2D eigenvalue weighted by molar-refractivity contribution is 0.0983. The van der Waals surface area contributed by atoms with Gasteiger partial charge in [-0.25, -0.2) is 0 Å². The summed E-state index contributed by atoms with van der Waals surface area (Å²) in [5.41, 5.74) is 10.2. The number of aromatic nitrogens is 1. The summed E-state index contributed by atoms with van der Waals surface area (Å²) in [5.74, 6) is 0.538. The second kappa shape index (κ2) is 5.33. The van der Waals surface area contributed by atoms with E-state index < -0.39 is 0 Å². The third-order valence-electron chi connectivity index (χ3n) is 3.99. The minimum atomic E-state index is -0.0345. The van der Waals surface area contributed by atoms with E-state index in [0.717, 1.165) is 30.6 Å². The van der Waals surface area contributed by atoms with E-state index in [1.54, 1.807) is 13.8 Å². The third kappa shape index (κ3) is 2.34. The van der Waals surface area contributed by atoms with Gasteiger partial charge in [-0.2, -0.15) is 0 Å². The van der Waals surface area contributed by atoms with Gasteiger partial charge in [0.25, 0.3) is 5.91 Å². The molecule has 0 fully saturated rings. The fraction of sp³-hybridized carbons (Fsp3) is 0.375. The summed E-state index contributed by atoms with van der Waals surface area (Å²) in [4.78, 5) is 14.6. The highest BCUT2D eigenvalue weighted by molar-refractivity contribution is 6.08. The molecular formula is C16H19N3O2. The number of carbonyl (C=O) groups is 1. The molecule has 0 unspecified atom stereocenters. The molecule has 0 radical (unpaired) electrons. The molecule has 2 N–H and O–H groups in total. The van der Waals surface area contributed by atoms with Crippen LogP contribution in [0.15, 0.2) is 22.7 Å². The zero-order valence-electron chi connectivity index (χ0n) is 12.3. The molecule has 0 saturated carbocycles. The zero-order chi connectivity index (χ0) is 15.0. The van der Waals surface area contributed by atoms with Gasteiger partial charge in [0.15, 0.2) is 0 Å². The van der Waals surface area contributed by atoms with E-state index in [2.05, 4.69) is 11.2 Å². The first-order valence-corrected chi connectivity index (χ1v) is 7.18. The van der Waals surface area contributed by atoms with E-state index in [0.29, 0.717) is 23.6 Å². The van der Waals surface area contributed by atoms with Gasteiger partial charge in [0.1, 0.15) is 11.3 Å². The van der Waals surface area contributed by atoms with Crippen LogP contribution in [0.3, 0.4) is 0 Å². The van der Waals surface area contributed by atoms with E-state index in [1.165, 1.54) is 5.56 Å². The molecule has 0 bridgehead atoms. The number of rotatable bonds is 2. The third-order valence-corrected chi connectivity index (χ3v) is 3.99. The van der Waals surface area contributed by atoms with Gasteiger partial charge in [-0.15, -0.1) is 0 Å². The van der Waals surface area contributed by atoms with Crippen molar-refractivity contribution in [1.82, 2.24) is 5.16 Å². The van der Waals surface area contributed by atoms with Gasteiger partial charge in [-0.05, 0) is 43.9 Å². The number of fused-ring (bicyclic) bond motifs is 1. The Kier molecular flexibility index (Phi) is 3.51. The number of benzene rings is 1. The Morgan fingerprint density at radius 2 is 2.24 bits per heavy atom. The lowest BCUT2D eigenvalue weighted by Gasteiger charge is -2.29. The van der Waals surface area contributed by atoms with Crippen LogP contribution in [-0.2, 0) is 13.0 Å². The first-order chi connectivity index (χ1) is 10.1. The van der Waals surface area contributed by atoms with Gasteiger partial charge in [0.2, 0.25) is 0 Å². The SMILES string of the molecule is Cc1noc(C)c1C(=O)N1CCCc2cc(CN)ccc21. The number of carbonyl (C=O) groups excluding carboxylic acids is 1. The summed E-state index contributed by atoms with van der Waals surface area (Å²) < 4.78 is 5.12. The van der Waals surface area contributed by atoms with Crippen LogP contribution in [0.2, 0.25) is 0 Å². The van der Waals surface area contributed by atoms with Crippen LogP contribution in [0.4, 0.5) is 5.69 Å². The van der Waals surface area contributed by atoms with Gasteiger partial charge >= 0.3 is 0 Å². The molecule has 110 valence electrons. The topological polar surface area (TPSA) is 72.4 Å². The summed E-state index contributed by atoms with van der Waals surface area (Å²) >= 11 is 0. The highest BCUT2D eigenvalue weighted by Crippen LogP contribution is 2.30. The maximum Gasteiger partial charge on any atom is 0.263 e. The molecule has 0 spiro atoms. The molecule has 3 rings (SSSR count). The molecule has 2 heterocycles. The monoisotopic (exact) mass is 285 g/mol. The summed E-state index contributed by atoms with van der Waals surface area (Å²) in [5, 5.41) is 3.88. The molecule has 2 aromatic rings. The fourth-order valence-electron chi connectivity index (χ4n) is 2.91. The number of hydrogen-bond acceptors (Lipinski definition) is 4. The maximum atomic E-state index is 12.8. The molecule has 5 nitrogen and oxygen atoms in total. The van der Waals surface area contributed by atoms with Crippen molar-refractivity contribution in [3.05, 3.63) is 46.3 Å². The summed E-state index contributed by atoms with van der Waals surface area (Å²) in [6, 6.07) is 6.08. The highest BCUT2D eigenvalue weighted by atomic mass is 16.5. The number of nitrogens with zero attached hydrogens (tertiary/aromatic N) is 2. The van der Waals surface area contributed by atoms with Gasteiger partial charge in [0.05, 0.1) is 5.69 Å². The first kappa shape index (κ1) is 13.8. The molecule has 1 aromatic carbocycles. The van der Waals surface area contributed by atoms with E-state index in [4.69, 9.17) is 10.3 Å². The molecule has 0 saturated heterocycles.